The molecule has 1 aliphatic heterocycles. The molecule has 0 aliphatic carbocycles. The zero-order valence-electron chi connectivity index (χ0n) is 9.86. The lowest BCUT2D eigenvalue weighted by Crippen LogP contribution is -2.46. The van der Waals surface area contributed by atoms with E-state index in [0.717, 1.165) is 19.4 Å². The first kappa shape index (κ1) is 12.3. The van der Waals surface area contributed by atoms with Gasteiger partial charge in [-0.3, -0.25) is 0 Å². The molecule has 88 valence electrons. The van der Waals surface area contributed by atoms with Crippen molar-refractivity contribution in [2.24, 2.45) is 0 Å². The molecule has 0 N–H and O–H groups in total. The molecule has 4 heteroatoms. The number of nitrogens with zero attached hydrogens (tertiary/aromatic N) is 1. The van der Waals surface area contributed by atoms with E-state index in [1.165, 1.54) is 6.42 Å². The van der Waals surface area contributed by atoms with Crippen molar-refractivity contribution in [3.8, 4) is 0 Å². The zero-order chi connectivity index (χ0) is 11.3. The summed E-state index contributed by atoms with van der Waals surface area (Å²) in [7, 11) is 1.67. The number of rotatable bonds is 3. The van der Waals surface area contributed by atoms with E-state index in [1.54, 1.807) is 12.0 Å². The number of amides is 1. The lowest BCUT2D eigenvalue weighted by Gasteiger charge is -2.34. The molecule has 1 amide bonds. The third-order valence-electron chi connectivity index (χ3n) is 2.56. The van der Waals surface area contributed by atoms with Crippen LogP contribution in [0, 0.1) is 0 Å². The van der Waals surface area contributed by atoms with Crippen molar-refractivity contribution in [3.05, 3.63) is 0 Å². The topological polar surface area (TPSA) is 38.8 Å². The van der Waals surface area contributed by atoms with E-state index in [0.29, 0.717) is 6.61 Å². The summed E-state index contributed by atoms with van der Waals surface area (Å²) in [6.07, 6.45) is 2.99. The van der Waals surface area contributed by atoms with Crippen LogP contribution in [0.4, 0.5) is 4.79 Å². The first-order valence-corrected chi connectivity index (χ1v) is 5.61. The Labute approximate surface area is 91.5 Å². The molecule has 0 saturated carbocycles. The second-order valence-corrected chi connectivity index (χ2v) is 4.23. The fraction of sp³-hybridized carbons (Fsp3) is 0.909. The maximum Gasteiger partial charge on any atom is 0.410 e. The summed E-state index contributed by atoms with van der Waals surface area (Å²) in [6, 6.07) is 0.190. The minimum absolute atomic E-state index is 0.0531. The maximum atomic E-state index is 11.7. The monoisotopic (exact) mass is 215 g/mol. The molecule has 1 aliphatic rings. The Hall–Kier alpha value is -0.770. The van der Waals surface area contributed by atoms with Crippen molar-refractivity contribution >= 4 is 6.09 Å². The molecule has 0 aromatic carbocycles. The minimum atomic E-state index is -0.202. The molecule has 0 aromatic heterocycles. The van der Waals surface area contributed by atoms with Gasteiger partial charge in [0.2, 0.25) is 0 Å². The molecular formula is C11H21NO3. The average Bonchev–Trinajstić information content (AvgIpc) is 2.18. The van der Waals surface area contributed by atoms with Crippen molar-refractivity contribution < 1.29 is 14.3 Å². The molecule has 4 nitrogen and oxygen atoms in total. The van der Waals surface area contributed by atoms with Crippen LogP contribution in [0.25, 0.3) is 0 Å². The predicted octanol–water partition coefficient (Wildman–Crippen LogP) is 2.03. The Kier molecular flexibility index (Phi) is 4.88. The minimum Gasteiger partial charge on any atom is -0.447 e. The van der Waals surface area contributed by atoms with Gasteiger partial charge in [-0.05, 0) is 33.1 Å². The number of carbonyl (C=O) groups excluding carboxylic acids is 1. The average molecular weight is 215 g/mol. The quantitative estimate of drug-likeness (QED) is 0.723. The third-order valence-corrected chi connectivity index (χ3v) is 2.56. The van der Waals surface area contributed by atoms with Crippen LogP contribution >= 0.6 is 0 Å². The van der Waals surface area contributed by atoms with Crippen molar-refractivity contribution in [3.63, 3.8) is 0 Å². The Balaban J connectivity index is 2.51. The predicted molar refractivity (Wildman–Crippen MR) is 57.8 cm³/mol. The summed E-state index contributed by atoms with van der Waals surface area (Å²) in [5, 5.41) is 0. The summed E-state index contributed by atoms with van der Waals surface area (Å²) in [5.41, 5.74) is 0. The fourth-order valence-corrected chi connectivity index (χ4v) is 1.88. The highest BCUT2D eigenvalue weighted by atomic mass is 16.6. The first-order valence-electron chi connectivity index (χ1n) is 5.61. The van der Waals surface area contributed by atoms with Crippen LogP contribution in [0.1, 0.15) is 33.1 Å². The molecule has 0 aromatic rings. The summed E-state index contributed by atoms with van der Waals surface area (Å²) in [6.45, 7) is 5.13. The second kappa shape index (κ2) is 5.95. The van der Waals surface area contributed by atoms with E-state index in [4.69, 9.17) is 9.47 Å². The van der Waals surface area contributed by atoms with Crippen LogP contribution in [-0.2, 0) is 9.47 Å². The molecule has 1 heterocycles. The van der Waals surface area contributed by atoms with Crippen molar-refractivity contribution in [1.29, 1.82) is 0 Å². The SMILES string of the molecule is COCC1CCCCN1C(=O)OC(C)C. The standard InChI is InChI=1S/C11H21NO3/c1-9(2)15-11(13)12-7-5-4-6-10(12)8-14-3/h9-10H,4-8H2,1-3H3. The Morgan fingerprint density at radius 3 is 2.80 bits per heavy atom. The normalized spacial score (nSPS) is 21.9. The molecule has 0 radical (unpaired) electrons. The van der Waals surface area contributed by atoms with Gasteiger partial charge in [0.15, 0.2) is 0 Å². The number of carbonyl (C=O) groups is 1. The van der Waals surface area contributed by atoms with Crippen LogP contribution < -0.4 is 0 Å². The van der Waals surface area contributed by atoms with E-state index >= 15 is 0 Å². The summed E-state index contributed by atoms with van der Waals surface area (Å²) in [4.78, 5) is 13.5. The van der Waals surface area contributed by atoms with Crippen LogP contribution in [0.15, 0.2) is 0 Å². The number of ether oxygens (including phenoxy) is 2. The summed E-state index contributed by atoms with van der Waals surface area (Å²) in [5.74, 6) is 0. The lowest BCUT2D eigenvalue weighted by atomic mass is 10.0. The molecule has 1 atom stereocenters. The van der Waals surface area contributed by atoms with Crippen LogP contribution in [-0.4, -0.2) is 43.4 Å². The van der Waals surface area contributed by atoms with Gasteiger partial charge >= 0.3 is 6.09 Å². The first-order chi connectivity index (χ1) is 7.15. The van der Waals surface area contributed by atoms with Gasteiger partial charge < -0.3 is 14.4 Å². The van der Waals surface area contributed by atoms with E-state index in [-0.39, 0.29) is 18.2 Å². The highest BCUT2D eigenvalue weighted by Crippen LogP contribution is 2.18. The molecule has 1 fully saturated rings. The van der Waals surface area contributed by atoms with Gasteiger partial charge in [0.25, 0.3) is 0 Å². The molecule has 1 saturated heterocycles. The summed E-state index contributed by atoms with van der Waals surface area (Å²) < 4.78 is 10.3. The zero-order valence-corrected chi connectivity index (χ0v) is 9.86. The van der Waals surface area contributed by atoms with Gasteiger partial charge in [-0.25, -0.2) is 4.79 Å². The van der Waals surface area contributed by atoms with E-state index in [2.05, 4.69) is 0 Å². The molecule has 0 bridgehead atoms. The van der Waals surface area contributed by atoms with Gasteiger partial charge in [0.1, 0.15) is 0 Å². The highest BCUT2D eigenvalue weighted by molar-refractivity contribution is 5.68. The number of methoxy groups -OCH3 is 1. The highest BCUT2D eigenvalue weighted by Gasteiger charge is 2.27. The summed E-state index contributed by atoms with van der Waals surface area (Å²) >= 11 is 0. The Morgan fingerprint density at radius 2 is 2.20 bits per heavy atom. The lowest BCUT2D eigenvalue weighted by molar-refractivity contribution is 0.0297. The Morgan fingerprint density at radius 1 is 1.47 bits per heavy atom. The van der Waals surface area contributed by atoms with Gasteiger partial charge in [-0.15, -0.1) is 0 Å². The van der Waals surface area contributed by atoms with Gasteiger partial charge in [-0.2, -0.15) is 0 Å². The van der Waals surface area contributed by atoms with Crippen LogP contribution in [0.2, 0.25) is 0 Å². The van der Waals surface area contributed by atoms with Crippen LogP contribution in [0.3, 0.4) is 0 Å². The smallest absolute Gasteiger partial charge is 0.410 e. The molecule has 15 heavy (non-hydrogen) atoms. The largest absolute Gasteiger partial charge is 0.447 e. The van der Waals surface area contributed by atoms with Crippen molar-refractivity contribution in [2.75, 3.05) is 20.3 Å². The molecule has 1 unspecified atom stereocenters. The number of likely N-dealkylation sites (tertiary alicyclic amines) is 1. The second-order valence-electron chi connectivity index (χ2n) is 4.23. The number of piperidine rings is 1. The van der Waals surface area contributed by atoms with E-state index in [1.807, 2.05) is 13.8 Å². The van der Waals surface area contributed by atoms with Gasteiger partial charge in [-0.1, -0.05) is 0 Å². The molecule has 1 rings (SSSR count). The van der Waals surface area contributed by atoms with E-state index < -0.39 is 0 Å². The van der Waals surface area contributed by atoms with Crippen molar-refractivity contribution in [2.45, 2.75) is 45.3 Å². The maximum absolute atomic E-state index is 11.7. The number of hydrogen-bond acceptors (Lipinski definition) is 3. The number of hydrogen-bond donors (Lipinski definition) is 0. The fourth-order valence-electron chi connectivity index (χ4n) is 1.88. The molecule has 0 spiro atoms. The van der Waals surface area contributed by atoms with Crippen LogP contribution in [0.5, 0.6) is 0 Å². The third kappa shape index (κ3) is 3.70. The Bertz CT molecular complexity index is 204. The van der Waals surface area contributed by atoms with Gasteiger partial charge in [0.05, 0.1) is 18.8 Å². The van der Waals surface area contributed by atoms with Gasteiger partial charge in [0, 0.05) is 13.7 Å². The molecular weight excluding hydrogens is 194 g/mol. The van der Waals surface area contributed by atoms with E-state index in [9.17, 15) is 4.79 Å². The van der Waals surface area contributed by atoms with Crippen molar-refractivity contribution in [1.82, 2.24) is 4.90 Å².